The standard InChI is InChI=1S/C15H18FNO/c1-12-6-7-17(10-12)11-14-5-4-13(3-2-8-18)9-15(14)16/h4-5,9,12,18H,6-8,10-11H2,1H3. The summed E-state index contributed by atoms with van der Waals surface area (Å²) in [5, 5.41) is 8.59. The molecule has 1 saturated heterocycles. The molecule has 1 aliphatic heterocycles. The van der Waals surface area contributed by atoms with Crippen molar-refractivity contribution in [3.05, 3.63) is 35.1 Å². The lowest BCUT2D eigenvalue weighted by Crippen LogP contribution is -2.20. The Balaban J connectivity index is 2.05. The van der Waals surface area contributed by atoms with Gasteiger partial charge in [-0.1, -0.05) is 24.8 Å². The van der Waals surface area contributed by atoms with E-state index in [9.17, 15) is 4.39 Å². The lowest BCUT2D eigenvalue weighted by Gasteiger charge is -2.15. The maximum absolute atomic E-state index is 13.9. The molecule has 0 saturated carbocycles. The second-order valence-corrected chi connectivity index (χ2v) is 4.90. The second kappa shape index (κ2) is 5.99. The molecule has 0 aromatic heterocycles. The van der Waals surface area contributed by atoms with Gasteiger partial charge < -0.3 is 5.11 Å². The summed E-state index contributed by atoms with van der Waals surface area (Å²) in [6, 6.07) is 5.04. The lowest BCUT2D eigenvalue weighted by molar-refractivity contribution is 0.315. The van der Waals surface area contributed by atoms with Crippen LogP contribution in [0.2, 0.25) is 0 Å². The third kappa shape index (κ3) is 3.32. The maximum atomic E-state index is 13.9. The van der Waals surface area contributed by atoms with Crippen LogP contribution in [-0.2, 0) is 6.54 Å². The Morgan fingerprint density at radius 1 is 1.50 bits per heavy atom. The van der Waals surface area contributed by atoms with Crippen molar-refractivity contribution in [3.63, 3.8) is 0 Å². The van der Waals surface area contributed by atoms with Crippen LogP contribution < -0.4 is 0 Å². The molecule has 1 heterocycles. The summed E-state index contributed by atoms with van der Waals surface area (Å²) in [6.07, 6.45) is 1.20. The van der Waals surface area contributed by atoms with Crippen LogP contribution in [0, 0.1) is 23.6 Å². The number of halogens is 1. The zero-order valence-electron chi connectivity index (χ0n) is 10.6. The summed E-state index contributed by atoms with van der Waals surface area (Å²) < 4.78 is 13.9. The first-order chi connectivity index (χ1) is 8.69. The predicted molar refractivity (Wildman–Crippen MR) is 69.4 cm³/mol. The molecular weight excluding hydrogens is 229 g/mol. The van der Waals surface area contributed by atoms with E-state index in [1.54, 1.807) is 12.1 Å². The van der Waals surface area contributed by atoms with Crippen molar-refractivity contribution in [2.24, 2.45) is 5.92 Å². The molecule has 2 nitrogen and oxygen atoms in total. The van der Waals surface area contributed by atoms with Gasteiger partial charge in [0, 0.05) is 24.2 Å². The lowest BCUT2D eigenvalue weighted by atomic mass is 10.1. The van der Waals surface area contributed by atoms with Crippen LogP contribution in [0.4, 0.5) is 4.39 Å². The van der Waals surface area contributed by atoms with E-state index in [0.717, 1.165) is 18.7 Å². The summed E-state index contributed by atoms with van der Waals surface area (Å²) >= 11 is 0. The smallest absolute Gasteiger partial charge is 0.128 e. The largest absolute Gasteiger partial charge is 0.384 e. The number of hydrogen-bond acceptors (Lipinski definition) is 2. The van der Waals surface area contributed by atoms with Gasteiger partial charge in [0.05, 0.1) is 0 Å². The fraction of sp³-hybridized carbons (Fsp3) is 0.467. The van der Waals surface area contributed by atoms with E-state index in [2.05, 4.69) is 23.7 Å². The molecule has 1 aliphatic rings. The zero-order valence-corrected chi connectivity index (χ0v) is 10.6. The van der Waals surface area contributed by atoms with E-state index in [4.69, 9.17) is 5.11 Å². The number of benzene rings is 1. The van der Waals surface area contributed by atoms with Gasteiger partial charge in [0.15, 0.2) is 0 Å². The molecule has 18 heavy (non-hydrogen) atoms. The van der Waals surface area contributed by atoms with Crippen molar-refractivity contribution < 1.29 is 9.50 Å². The van der Waals surface area contributed by atoms with E-state index in [0.29, 0.717) is 18.0 Å². The molecule has 3 heteroatoms. The van der Waals surface area contributed by atoms with Crippen LogP contribution >= 0.6 is 0 Å². The number of likely N-dealkylation sites (tertiary alicyclic amines) is 1. The molecule has 1 unspecified atom stereocenters. The zero-order chi connectivity index (χ0) is 13.0. The SMILES string of the molecule is CC1CCN(Cc2ccc(C#CCO)cc2F)C1. The van der Waals surface area contributed by atoms with Crippen LogP contribution in [0.1, 0.15) is 24.5 Å². The Bertz CT molecular complexity index is 475. The number of hydrogen-bond donors (Lipinski definition) is 1. The van der Waals surface area contributed by atoms with Gasteiger partial charge in [-0.25, -0.2) is 4.39 Å². The van der Waals surface area contributed by atoms with Gasteiger partial charge in [-0.15, -0.1) is 0 Å². The second-order valence-electron chi connectivity index (χ2n) is 4.90. The van der Waals surface area contributed by atoms with Gasteiger partial charge in [0.2, 0.25) is 0 Å². The molecule has 0 radical (unpaired) electrons. The number of aliphatic hydroxyl groups is 1. The predicted octanol–water partition coefficient (Wildman–Crippen LogP) is 2.01. The van der Waals surface area contributed by atoms with Crippen molar-refractivity contribution in [2.45, 2.75) is 19.9 Å². The summed E-state index contributed by atoms with van der Waals surface area (Å²) in [6.45, 7) is 4.79. The first-order valence-corrected chi connectivity index (χ1v) is 6.29. The van der Waals surface area contributed by atoms with E-state index in [-0.39, 0.29) is 12.4 Å². The summed E-state index contributed by atoms with van der Waals surface area (Å²) in [5.41, 5.74) is 1.33. The molecule has 96 valence electrons. The normalized spacial score (nSPS) is 19.6. The Hall–Kier alpha value is -1.37. The monoisotopic (exact) mass is 247 g/mol. The van der Waals surface area contributed by atoms with Gasteiger partial charge in [-0.2, -0.15) is 0 Å². The molecule has 1 fully saturated rings. The molecule has 1 aromatic rings. The number of nitrogens with zero attached hydrogens (tertiary/aromatic N) is 1. The number of rotatable bonds is 2. The third-order valence-corrected chi connectivity index (χ3v) is 3.27. The highest BCUT2D eigenvalue weighted by molar-refractivity contribution is 5.37. The van der Waals surface area contributed by atoms with E-state index in [1.165, 1.54) is 12.5 Å². The van der Waals surface area contributed by atoms with Gasteiger partial charge >= 0.3 is 0 Å². The molecule has 0 bridgehead atoms. The van der Waals surface area contributed by atoms with Crippen LogP contribution in [0.3, 0.4) is 0 Å². The summed E-state index contributed by atoms with van der Waals surface area (Å²) in [4.78, 5) is 2.28. The Labute approximate surface area is 107 Å². The van der Waals surface area contributed by atoms with Crippen molar-refractivity contribution in [1.29, 1.82) is 0 Å². The average Bonchev–Trinajstić information content (AvgIpc) is 2.75. The van der Waals surface area contributed by atoms with Gasteiger partial charge in [0.25, 0.3) is 0 Å². The quantitative estimate of drug-likeness (QED) is 0.808. The topological polar surface area (TPSA) is 23.5 Å². The van der Waals surface area contributed by atoms with Gasteiger partial charge in [-0.05, 0) is 31.0 Å². The molecule has 2 rings (SSSR count). The molecule has 1 atom stereocenters. The highest BCUT2D eigenvalue weighted by Gasteiger charge is 2.19. The fourth-order valence-corrected chi connectivity index (χ4v) is 2.31. The first kappa shape index (κ1) is 13.1. The van der Waals surface area contributed by atoms with Crippen molar-refractivity contribution in [1.82, 2.24) is 4.90 Å². The van der Waals surface area contributed by atoms with E-state index in [1.807, 2.05) is 0 Å². The average molecular weight is 247 g/mol. The molecule has 1 N–H and O–H groups in total. The molecule has 0 spiro atoms. The minimum atomic E-state index is -0.209. The maximum Gasteiger partial charge on any atom is 0.128 e. The van der Waals surface area contributed by atoms with Crippen molar-refractivity contribution in [3.8, 4) is 11.8 Å². The Kier molecular flexibility index (Phi) is 4.35. The van der Waals surface area contributed by atoms with Crippen molar-refractivity contribution >= 4 is 0 Å². The Morgan fingerprint density at radius 2 is 2.33 bits per heavy atom. The minimum Gasteiger partial charge on any atom is -0.384 e. The third-order valence-electron chi connectivity index (χ3n) is 3.27. The number of aliphatic hydroxyl groups excluding tert-OH is 1. The summed E-state index contributed by atoms with van der Waals surface area (Å²) in [7, 11) is 0. The van der Waals surface area contributed by atoms with Gasteiger partial charge in [-0.3, -0.25) is 4.90 Å². The van der Waals surface area contributed by atoms with Crippen LogP contribution in [0.25, 0.3) is 0 Å². The van der Waals surface area contributed by atoms with E-state index < -0.39 is 0 Å². The highest BCUT2D eigenvalue weighted by Crippen LogP contribution is 2.19. The van der Waals surface area contributed by atoms with Crippen LogP contribution in [-0.4, -0.2) is 29.7 Å². The van der Waals surface area contributed by atoms with Crippen LogP contribution in [0.15, 0.2) is 18.2 Å². The molecule has 0 aliphatic carbocycles. The molecule has 1 aromatic carbocycles. The van der Waals surface area contributed by atoms with Crippen molar-refractivity contribution in [2.75, 3.05) is 19.7 Å². The minimum absolute atomic E-state index is 0.199. The molecule has 0 amide bonds. The summed E-state index contributed by atoms with van der Waals surface area (Å²) in [5.74, 6) is 5.73. The van der Waals surface area contributed by atoms with E-state index >= 15 is 0 Å². The van der Waals surface area contributed by atoms with Crippen LogP contribution in [0.5, 0.6) is 0 Å². The fourth-order valence-electron chi connectivity index (χ4n) is 2.31. The molecular formula is C15H18FNO. The first-order valence-electron chi connectivity index (χ1n) is 6.29. The Morgan fingerprint density at radius 3 is 2.94 bits per heavy atom. The van der Waals surface area contributed by atoms with Gasteiger partial charge in [0.1, 0.15) is 12.4 Å². The highest BCUT2D eigenvalue weighted by atomic mass is 19.1.